The molecule has 0 aliphatic carbocycles. The lowest BCUT2D eigenvalue weighted by Crippen LogP contribution is -2.45. The summed E-state index contributed by atoms with van der Waals surface area (Å²) >= 11 is 0. The maximum Gasteiger partial charge on any atom is 0.417 e. The van der Waals surface area contributed by atoms with E-state index >= 15 is 0 Å². The molecule has 8 heteroatoms. The van der Waals surface area contributed by atoms with Crippen molar-refractivity contribution in [1.82, 2.24) is 5.32 Å². The number of halogens is 3. The van der Waals surface area contributed by atoms with Crippen LogP contribution in [0, 0.1) is 0 Å². The van der Waals surface area contributed by atoms with Gasteiger partial charge in [0.15, 0.2) is 5.78 Å². The van der Waals surface area contributed by atoms with Gasteiger partial charge in [0.05, 0.1) is 16.7 Å². The van der Waals surface area contributed by atoms with Crippen LogP contribution in [-0.2, 0) is 11.0 Å². The molecule has 0 amide bonds. The highest BCUT2D eigenvalue weighted by Crippen LogP contribution is 2.35. The van der Waals surface area contributed by atoms with Gasteiger partial charge < -0.3 is 16.2 Å². The van der Waals surface area contributed by atoms with Gasteiger partial charge in [-0.25, -0.2) is 4.79 Å². The first kappa shape index (κ1) is 16.8. The molecular weight excluding hydrogens is 313 g/mol. The molecule has 0 bridgehead atoms. The number of hydrogen-bond acceptors (Lipinski definition) is 4. The Morgan fingerprint density at radius 3 is 2.43 bits per heavy atom. The summed E-state index contributed by atoms with van der Waals surface area (Å²) in [6, 6.07) is 4.16. The number of ketones is 1. The third kappa shape index (κ3) is 3.11. The average molecular weight is 326 g/mol. The summed E-state index contributed by atoms with van der Waals surface area (Å²) in [4.78, 5) is 23.9. The number of carboxylic acid groups (broad SMARTS) is 1. The van der Waals surface area contributed by atoms with Gasteiger partial charge >= 0.3 is 12.1 Å². The maximum atomic E-state index is 13.1. The molecule has 0 saturated heterocycles. The predicted octanol–water partition coefficient (Wildman–Crippen LogP) is 2.06. The summed E-state index contributed by atoms with van der Waals surface area (Å²) in [5.41, 5.74) is 1.60. The first-order valence-electron chi connectivity index (χ1n) is 6.48. The first-order chi connectivity index (χ1) is 10.6. The normalized spacial score (nSPS) is 21.1. The molecule has 2 rings (SSSR count). The van der Waals surface area contributed by atoms with E-state index in [4.69, 9.17) is 5.73 Å². The van der Waals surface area contributed by atoms with Gasteiger partial charge in [-0.15, -0.1) is 0 Å². The summed E-state index contributed by atoms with van der Waals surface area (Å²) < 4.78 is 39.2. The largest absolute Gasteiger partial charge is 0.477 e. The zero-order valence-corrected chi connectivity index (χ0v) is 11.9. The Morgan fingerprint density at radius 1 is 1.26 bits per heavy atom. The van der Waals surface area contributed by atoms with Crippen LogP contribution in [0.3, 0.4) is 0 Å². The van der Waals surface area contributed by atoms with Crippen LogP contribution in [0.5, 0.6) is 0 Å². The molecular formula is C15H13F3N2O3. The number of carbonyl (C=O) groups is 2. The molecule has 0 spiro atoms. The Balaban J connectivity index is 2.66. The number of benzene rings is 1. The van der Waals surface area contributed by atoms with E-state index in [1.165, 1.54) is 25.3 Å². The zero-order chi connectivity index (χ0) is 17.4. The van der Waals surface area contributed by atoms with Gasteiger partial charge in [0.2, 0.25) is 0 Å². The minimum atomic E-state index is -4.75. The number of carbonyl (C=O) groups excluding carboxylic acids is 1. The first-order valence-corrected chi connectivity index (χ1v) is 6.48. The number of alkyl halides is 3. The Labute approximate surface area is 129 Å². The number of dihydropyridines is 1. The number of nitrogens with two attached hydrogens (primary N) is 1. The number of aliphatic carboxylic acids is 1. The molecule has 0 aromatic heterocycles. The Bertz CT molecular complexity index is 734. The second-order valence-electron chi connectivity index (χ2n) is 5.19. The lowest BCUT2D eigenvalue weighted by molar-refractivity contribution is -0.138. The van der Waals surface area contributed by atoms with Gasteiger partial charge in [-0.3, -0.25) is 4.79 Å². The monoisotopic (exact) mass is 326 g/mol. The van der Waals surface area contributed by atoms with Gasteiger partial charge in [-0.05, 0) is 25.3 Å². The third-order valence-electron chi connectivity index (χ3n) is 3.36. The second kappa shape index (κ2) is 5.54. The molecule has 1 aromatic rings. The van der Waals surface area contributed by atoms with Crippen LogP contribution in [0.25, 0.3) is 0 Å². The molecule has 23 heavy (non-hydrogen) atoms. The van der Waals surface area contributed by atoms with Crippen LogP contribution >= 0.6 is 0 Å². The van der Waals surface area contributed by atoms with Gasteiger partial charge in [0.25, 0.3) is 0 Å². The van der Waals surface area contributed by atoms with Crippen molar-refractivity contribution in [1.29, 1.82) is 0 Å². The topological polar surface area (TPSA) is 92.4 Å². The second-order valence-corrected chi connectivity index (χ2v) is 5.19. The SMILES string of the molecule is CC1(N)C=CNC(C(=O)O)=C1C(=O)c1ccccc1C(F)(F)F. The van der Waals surface area contributed by atoms with E-state index in [2.05, 4.69) is 5.32 Å². The molecule has 0 radical (unpaired) electrons. The molecule has 1 aliphatic heterocycles. The van der Waals surface area contributed by atoms with Crippen LogP contribution in [0.2, 0.25) is 0 Å². The van der Waals surface area contributed by atoms with Gasteiger partial charge in [0.1, 0.15) is 5.70 Å². The molecule has 1 aromatic carbocycles. The van der Waals surface area contributed by atoms with Crippen molar-refractivity contribution in [3.05, 3.63) is 58.9 Å². The highest BCUT2D eigenvalue weighted by atomic mass is 19.4. The van der Waals surface area contributed by atoms with Crippen molar-refractivity contribution < 1.29 is 27.9 Å². The van der Waals surface area contributed by atoms with E-state index in [9.17, 15) is 27.9 Å². The number of hydrogen-bond donors (Lipinski definition) is 3. The summed E-state index contributed by atoms with van der Waals surface area (Å²) in [6.45, 7) is 1.34. The number of rotatable bonds is 3. The lowest BCUT2D eigenvalue weighted by Gasteiger charge is -2.29. The maximum absolute atomic E-state index is 13.1. The van der Waals surface area contributed by atoms with Crippen LogP contribution < -0.4 is 11.1 Å². The van der Waals surface area contributed by atoms with E-state index < -0.39 is 45.9 Å². The predicted molar refractivity (Wildman–Crippen MR) is 75.3 cm³/mol. The van der Waals surface area contributed by atoms with Crippen molar-refractivity contribution in [3.63, 3.8) is 0 Å². The summed E-state index contributed by atoms with van der Waals surface area (Å²) in [6.07, 6.45) is -2.21. The van der Waals surface area contributed by atoms with Crippen LogP contribution in [0.15, 0.2) is 47.8 Å². The fourth-order valence-electron chi connectivity index (χ4n) is 2.31. The van der Waals surface area contributed by atoms with Crippen LogP contribution in [0.1, 0.15) is 22.8 Å². The fourth-order valence-corrected chi connectivity index (χ4v) is 2.31. The molecule has 122 valence electrons. The highest BCUT2D eigenvalue weighted by Gasteiger charge is 2.40. The van der Waals surface area contributed by atoms with Crippen LogP contribution in [0.4, 0.5) is 13.2 Å². The highest BCUT2D eigenvalue weighted by molar-refractivity contribution is 6.15. The Kier molecular flexibility index (Phi) is 4.04. The van der Waals surface area contributed by atoms with E-state index in [0.29, 0.717) is 0 Å². The Morgan fingerprint density at radius 2 is 1.87 bits per heavy atom. The van der Waals surface area contributed by atoms with Gasteiger partial charge in [-0.1, -0.05) is 18.2 Å². The van der Waals surface area contributed by atoms with Gasteiger partial charge in [-0.2, -0.15) is 13.2 Å². The van der Waals surface area contributed by atoms with E-state index in [0.717, 1.165) is 18.2 Å². The van der Waals surface area contributed by atoms with Crippen molar-refractivity contribution in [3.8, 4) is 0 Å². The van der Waals surface area contributed by atoms with Gasteiger partial charge in [0, 0.05) is 5.56 Å². The smallest absolute Gasteiger partial charge is 0.417 e. The average Bonchev–Trinajstić information content (AvgIpc) is 2.44. The third-order valence-corrected chi connectivity index (χ3v) is 3.36. The molecule has 0 fully saturated rings. The number of Topliss-reactive ketones (excluding diaryl/α,β-unsaturated/α-hetero) is 1. The molecule has 1 heterocycles. The lowest BCUT2D eigenvalue weighted by atomic mass is 9.82. The molecule has 0 saturated carbocycles. The van der Waals surface area contributed by atoms with Crippen molar-refractivity contribution >= 4 is 11.8 Å². The summed E-state index contributed by atoms with van der Waals surface area (Å²) in [7, 11) is 0. The molecule has 1 aliphatic rings. The molecule has 1 atom stereocenters. The van der Waals surface area contributed by atoms with Crippen molar-refractivity contribution in [2.45, 2.75) is 18.6 Å². The van der Waals surface area contributed by atoms with Crippen LogP contribution in [-0.4, -0.2) is 22.4 Å². The zero-order valence-electron chi connectivity index (χ0n) is 11.9. The van der Waals surface area contributed by atoms with Crippen molar-refractivity contribution in [2.75, 3.05) is 0 Å². The molecule has 5 nitrogen and oxygen atoms in total. The van der Waals surface area contributed by atoms with E-state index in [1.807, 2.05) is 0 Å². The van der Waals surface area contributed by atoms with Crippen molar-refractivity contribution in [2.24, 2.45) is 5.73 Å². The quantitative estimate of drug-likeness (QED) is 0.740. The number of nitrogens with one attached hydrogen (secondary N) is 1. The fraction of sp³-hybridized carbons (Fsp3) is 0.200. The minimum absolute atomic E-state index is 0.441. The number of carboxylic acids is 1. The summed E-state index contributed by atoms with van der Waals surface area (Å²) in [5, 5.41) is 11.5. The minimum Gasteiger partial charge on any atom is -0.477 e. The molecule has 4 N–H and O–H groups in total. The summed E-state index contributed by atoms with van der Waals surface area (Å²) in [5.74, 6) is -2.57. The van der Waals surface area contributed by atoms with E-state index in [1.54, 1.807) is 0 Å². The molecule has 1 unspecified atom stereocenters. The Hall–Kier alpha value is -2.61. The van der Waals surface area contributed by atoms with E-state index in [-0.39, 0.29) is 0 Å². The standard InChI is InChI=1S/C15H13F3N2O3/c1-14(19)6-7-20-11(13(22)23)10(14)12(21)8-4-2-3-5-9(8)15(16,17)18/h2-7,20H,19H2,1H3,(H,22,23).